The first-order chi connectivity index (χ1) is 18.2. The summed E-state index contributed by atoms with van der Waals surface area (Å²) in [5, 5.41) is 16.4. The number of halogens is 1. The molecule has 2 heterocycles. The van der Waals surface area contributed by atoms with Gasteiger partial charge in [-0.15, -0.1) is 0 Å². The normalized spacial score (nSPS) is 12.3. The number of nitro groups is 1. The van der Waals surface area contributed by atoms with Gasteiger partial charge in [0.05, 0.1) is 23.7 Å². The van der Waals surface area contributed by atoms with E-state index in [-0.39, 0.29) is 30.5 Å². The fourth-order valence-corrected chi connectivity index (χ4v) is 4.30. The first-order valence-corrected chi connectivity index (χ1v) is 12.2. The summed E-state index contributed by atoms with van der Waals surface area (Å²) in [6, 6.07) is 14.6. The molecule has 0 radical (unpaired) electrons. The standard InChI is InChI=1S/C28H28FN5O4/c1-19(2)16-32-25(14-13-21-15-30-31(17-21)18-23-11-7-8-12-24(23)29)26(34(37)38)27(35)33(28(32)36)20(3)22-9-5-4-6-10-22/h4-15,17,19-20H,16,18H2,1-3H3/b14-13+. The zero-order chi connectivity index (χ0) is 27.4. The number of nitrogens with zero attached hydrogens (tertiary/aromatic N) is 5. The highest BCUT2D eigenvalue weighted by molar-refractivity contribution is 5.71. The predicted molar refractivity (Wildman–Crippen MR) is 143 cm³/mol. The summed E-state index contributed by atoms with van der Waals surface area (Å²) in [7, 11) is 0. The van der Waals surface area contributed by atoms with E-state index in [0.717, 1.165) is 4.57 Å². The molecule has 0 aliphatic carbocycles. The molecule has 0 aliphatic rings. The van der Waals surface area contributed by atoms with Crippen LogP contribution in [-0.2, 0) is 13.1 Å². The average Bonchev–Trinajstić information content (AvgIpc) is 3.33. The number of benzene rings is 2. The highest BCUT2D eigenvalue weighted by Crippen LogP contribution is 2.21. The van der Waals surface area contributed by atoms with Crippen molar-refractivity contribution in [2.75, 3.05) is 0 Å². The summed E-state index contributed by atoms with van der Waals surface area (Å²) in [4.78, 5) is 38.4. The second-order valence-corrected chi connectivity index (χ2v) is 9.44. The van der Waals surface area contributed by atoms with Crippen LogP contribution in [0.2, 0.25) is 0 Å². The summed E-state index contributed by atoms with van der Waals surface area (Å²) in [5.74, 6) is -0.375. The zero-order valence-corrected chi connectivity index (χ0v) is 21.3. The molecule has 1 unspecified atom stereocenters. The van der Waals surface area contributed by atoms with Crippen LogP contribution < -0.4 is 11.2 Å². The fraction of sp³-hybridized carbons (Fsp3) is 0.250. The Morgan fingerprint density at radius 2 is 1.71 bits per heavy atom. The van der Waals surface area contributed by atoms with Crippen molar-refractivity contribution in [3.05, 3.63) is 126 Å². The third kappa shape index (κ3) is 5.54. The van der Waals surface area contributed by atoms with Gasteiger partial charge in [-0.3, -0.25) is 24.2 Å². The van der Waals surface area contributed by atoms with Crippen molar-refractivity contribution in [2.24, 2.45) is 5.92 Å². The Bertz CT molecular complexity index is 1600. The van der Waals surface area contributed by atoms with Crippen LogP contribution >= 0.6 is 0 Å². The largest absolute Gasteiger partial charge is 0.357 e. The Morgan fingerprint density at radius 3 is 2.37 bits per heavy atom. The van der Waals surface area contributed by atoms with Crippen molar-refractivity contribution in [1.29, 1.82) is 0 Å². The molecule has 0 fully saturated rings. The number of rotatable bonds is 9. The van der Waals surface area contributed by atoms with Crippen molar-refractivity contribution < 1.29 is 9.31 Å². The van der Waals surface area contributed by atoms with Crippen LogP contribution in [0.4, 0.5) is 10.1 Å². The molecule has 196 valence electrons. The molecule has 38 heavy (non-hydrogen) atoms. The van der Waals surface area contributed by atoms with Gasteiger partial charge in [-0.05, 0) is 36.6 Å². The first kappa shape index (κ1) is 26.5. The second-order valence-electron chi connectivity index (χ2n) is 9.44. The van der Waals surface area contributed by atoms with E-state index >= 15 is 0 Å². The van der Waals surface area contributed by atoms with Crippen molar-refractivity contribution in [3.8, 4) is 0 Å². The van der Waals surface area contributed by atoms with Gasteiger partial charge in [-0.1, -0.05) is 62.4 Å². The van der Waals surface area contributed by atoms with Gasteiger partial charge in [-0.2, -0.15) is 5.10 Å². The van der Waals surface area contributed by atoms with Gasteiger partial charge in [0.15, 0.2) is 0 Å². The molecule has 9 nitrogen and oxygen atoms in total. The average molecular weight is 518 g/mol. The summed E-state index contributed by atoms with van der Waals surface area (Å²) >= 11 is 0. The Kier molecular flexibility index (Phi) is 7.80. The Labute approximate surface area is 218 Å². The minimum absolute atomic E-state index is 0.0269. The molecular weight excluding hydrogens is 489 g/mol. The molecule has 2 aromatic carbocycles. The molecule has 0 saturated heterocycles. The number of aromatic nitrogens is 4. The summed E-state index contributed by atoms with van der Waals surface area (Å²) in [5.41, 5.74) is -0.640. The molecular formula is C28H28FN5O4. The van der Waals surface area contributed by atoms with Crippen LogP contribution in [0.5, 0.6) is 0 Å². The van der Waals surface area contributed by atoms with Gasteiger partial charge < -0.3 is 0 Å². The molecule has 0 bridgehead atoms. The smallest absolute Gasteiger partial charge is 0.287 e. The molecule has 1 atom stereocenters. The van der Waals surface area contributed by atoms with Crippen LogP contribution in [-0.4, -0.2) is 23.8 Å². The SMILES string of the molecule is CC(C)Cn1c(/C=C/c2cnn(Cc3ccccc3F)c2)c([N+](=O)[O-])c(=O)n(C(C)c2ccccc2)c1=O. The monoisotopic (exact) mass is 517 g/mol. The molecule has 0 amide bonds. The van der Waals surface area contributed by atoms with Gasteiger partial charge in [0.2, 0.25) is 0 Å². The van der Waals surface area contributed by atoms with Crippen LogP contribution in [0.15, 0.2) is 76.6 Å². The van der Waals surface area contributed by atoms with Gasteiger partial charge in [0.1, 0.15) is 11.5 Å². The molecule has 0 saturated carbocycles. The maximum absolute atomic E-state index is 14.0. The lowest BCUT2D eigenvalue weighted by Crippen LogP contribution is -2.44. The van der Waals surface area contributed by atoms with Crippen molar-refractivity contribution in [3.63, 3.8) is 0 Å². The quantitative estimate of drug-likeness (QED) is 0.236. The lowest BCUT2D eigenvalue weighted by atomic mass is 10.1. The fourth-order valence-electron chi connectivity index (χ4n) is 4.30. The predicted octanol–water partition coefficient (Wildman–Crippen LogP) is 4.74. The van der Waals surface area contributed by atoms with Crippen LogP contribution in [0.1, 0.15) is 49.2 Å². The topological polar surface area (TPSA) is 105 Å². The Balaban J connectivity index is 1.79. The van der Waals surface area contributed by atoms with E-state index in [9.17, 15) is 24.1 Å². The number of hydrogen-bond donors (Lipinski definition) is 0. The Morgan fingerprint density at radius 1 is 1.03 bits per heavy atom. The summed E-state index contributed by atoms with van der Waals surface area (Å²) in [6.45, 7) is 5.81. The highest BCUT2D eigenvalue weighted by Gasteiger charge is 2.29. The van der Waals surface area contributed by atoms with E-state index in [1.54, 1.807) is 61.7 Å². The molecule has 4 rings (SSSR count). The van der Waals surface area contributed by atoms with E-state index in [0.29, 0.717) is 16.7 Å². The van der Waals surface area contributed by atoms with E-state index in [1.807, 2.05) is 19.9 Å². The van der Waals surface area contributed by atoms with Gasteiger partial charge >= 0.3 is 16.9 Å². The second kappa shape index (κ2) is 11.2. The van der Waals surface area contributed by atoms with E-state index in [1.165, 1.54) is 27.6 Å². The van der Waals surface area contributed by atoms with Crippen molar-refractivity contribution in [2.45, 2.75) is 39.9 Å². The van der Waals surface area contributed by atoms with Gasteiger partial charge in [0, 0.05) is 23.9 Å². The van der Waals surface area contributed by atoms with Gasteiger partial charge in [-0.25, -0.2) is 13.8 Å². The highest BCUT2D eigenvalue weighted by atomic mass is 19.1. The van der Waals surface area contributed by atoms with Crippen molar-refractivity contribution in [1.82, 2.24) is 18.9 Å². The molecule has 10 heteroatoms. The third-order valence-corrected chi connectivity index (χ3v) is 6.17. The molecule has 0 spiro atoms. The molecule has 0 N–H and O–H groups in total. The van der Waals surface area contributed by atoms with Crippen LogP contribution in [0, 0.1) is 21.8 Å². The zero-order valence-electron chi connectivity index (χ0n) is 21.3. The van der Waals surface area contributed by atoms with Crippen LogP contribution in [0.3, 0.4) is 0 Å². The summed E-state index contributed by atoms with van der Waals surface area (Å²) < 4.78 is 17.8. The van der Waals surface area contributed by atoms with Gasteiger partial charge in [0.25, 0.3) is 0 Å². The first-order valence-electron chi connectivity index (χ1n) is 12.2. The summed E-state index contributed by atoms with van der Waals surface area (Å²) in [6.07, 6.45) is 6.12. The maximum Gasteiger partial charge on any atom is 0.357 e. The van der Waals surface area contributed by atoms with E-state index in [2.05, 4.69) is 5.10 Å². The van der Waals surface area contributed by atoms with Crippen LogP contribution in [0.25, 0.3) is 12.2 Å². The minimum atomic E-state index is -0.966. The Hall–Kier alpha value is -4.60. The number of hydrogen-bond acceptors (Lipinski definition) is 5. The lowest BCUT2D eigenvalue weighted by molar-refractivity contribution is -0.387. The third-order valence-electron chi connectivity index (χ3n) is 6.17. The minimum Gasteiger partial charge on any atom is -0.287 e. The van der Waals surface area contributed by atoms with E-state index < -0.39 is 27.9 Å². The lowest BCUT2D eigenvalue weighted by Gasteiger charge is -2.19. The molecule has 4 aromatic rings. The van der Waals surface area contributed by atoms with Crippen molar-refractivity contribution >= 4 is 17.8 Å². The van der Waals surface area contributed by atoms with E-state index in [4.69, 9.17) is 0 Å². The maximum atomic E-state index is 14.0. The molecule has 0 aliphatic heterocycles. The molecule has 2 aromatic heterocycles.